The lowest BCUT2D eigenvalue weighted by Gasteiger charge is -2.19. The first kappa shape index (κ1) is 22.0. The molecular formula is C6H6Cl3O12P3. The van der Waals surface area contributed by atoms with Gasteiger partial charge in [0.05, 0.1) is 0 Å². The maximum absolute atomic E-state index is 10.9. The SMILES string of the molecule is O=P(O)(O)Oc1c(Cl)c(OP(=O)(O)O)c(Cl)c(OP(=O)(O)O)c1Cl. The topological polar surface area (TPSA) is 200 Å². The van der Waals surface area contributed by atoms with Gasteiger partial charge in [-0.1, -0.05) is 34.8 Å². The van der Waals surface area contributed by atoms with Gasteiger partial charge in [0.2, 0.25) is 0 Å². The van der Waals surface area contributed by atoms with Crippen LogP contribution in [0.4, 0.5) is 0 Å². The van der Waals surface area contributed by atoms with E-state index >= 15 is 0 Å². The van der Waals surface area contributed by atoms with Crippen molar-refractivity contribution in [3.8, 4) is 17.2 Å². The molecule has 0 saturated carbocycles. The molecule has 24 heavy (non-hydrogen) atoms. The van der Waals surface area contributed by atoms with Gasteiger partial charge in [-0.25, -0.2) is 13.7 Å². The van der Waals surface area contributed by atoms with Crippen LogP contribution in [0.1, 0.15) is 0 Å². The Bertz CT molecular complexity index is 666. The van der Waals surface area contributed by atoms with E-state index in [1.807, 2.05) is 0 Å². The molecule has 138 valence electrons. The second-order valence-corrected chi connectivity index (χ2v) is 8.30. The molecular weight excluding hydrogens is 463 g/mol. The molecule has 12 nitrogen and oxygen atoms in total. The van der Waals surface area contributed by atoms with Crippen molar-refractivity contribution < 1.29 is 56.6 Å². The van der Waals surface area contributed by atoms with Crippen LogP contribution in [0.15, 0.2) is 0 Å². The fraction of sp³-hybridized carbons (Fsp3) is 0. The number of hydrogen-bond donors (Lipinski definition) is 6. The van der Waals surface area contributed by atoms with Gasteiger partial charge in [-0.15, -0.1) is 0 Å². The van der Waals surface area contributed by atoms with Crippen LogP contribution >= 0.6 is 58.3 Å². The van der Waals surface area contributed by atoms with Gasteiger partial charge in [0.15, 0.2) is 17.2 Å². The Morgan fingerprint density at radius 2 is 0.708 bits per heavy atom. The Morgan fingerprint density at radius 3 is 0.833 bits per heavy atom. The summed E-state index contributed by atoms with van der Waals surface area (Å²) in [6.07, 6.45) is 0. The summed E-state index contributed by atoms with van der Waals surface area (Å²) < 4.78 is 45.1. The van der Waals surface area contributed by atoms with Gasteiger partial charge in [0.25, 0.3) is 0 Å². The van der Waals surface area contributed by atoms with Crippen LogP contribution in [0.2, 0.25) is 15.1 Å². The van der Waals surface area contributed by atoms with Gasteiger partial charge in [-0.05, 0) is 0 Å². The monoisotopic (exact) mass is 468 g/mol. The average Bonchev–Trinajstić information content (AvgIpc) is 2.32. The summed E-state index contributed by atoms with van der Waals surface area (Å²) in [5.74, 6) is -3.45. The minimum atomic E-state index is -5.31. The number of phosphoric acid groups is 3. The Labute approximate surface area is 147 Å². The number of phosphoric ester groups is 3. The zero-order valence-corrected chi connectivity index (χ0v) is 15.6. The first-order valence-corrected chi connectivity index (χ1v) is 10.7. The zero-order valence-electron chi connectivity index (χ0n) is 10.6. The van der Waals surface area contributed by atoms with E-state index in [9.17, 15) is 13.7 Å². The maximum atomic E-state index is 10.9. The van der Waals surface area contributed by atoms with Gasteiger partial charge >= 0.3 is 23.5 Å². The average molecular weight is 469 g/mol. The van der Waals surface area contributed by atoms with Crippen molar-refractivity contribution in [1.29, 1.82) is 0 Å². The zero-order chi connectivity index (χ0) is 19.1. The van der Waals surface area contributed by atoms with Gasteiger partial charge in [0.1, 0.15) is 15.1 Å². The molecule has 6 N–H and O–H groups in total. The highest BCUT2D eigenvalue weighted by Crippen LogP contribution is 2.59. The largest absolute Gasteiger partial charge is 0.524 e. The summed E-state index contributed by atoms with van der Waals surface area (Å²) in [5, 5.41) is -3.01. The summed E-state index contributed by atoms with van der Waals surface area (Å²) in [4.78, 5) is 52.7. The molecule has 0 aromatic heterocycles. The molecule has 1 rings (SSSR count). The summed E-state index contributed by atoms with van der Waals surface area (Å²) in [6, 6.07) is 0. The number of hydrogen-bond acceptors (Lipinski definition) is 6. The third kappa shape index (κ3) is 6.34. The molecule has 0 spiro atoms. The normalized spacial score (nSPS) is 12.9. The summed E-state index contributed by atoms with van der Waals surface area (Å²) in [5.41, 5.74) is 0. The molecule has 18 heteroatoms. The fourth-order valence-corrected chi connectivity index (χ4v) is 3.72. The molecule has 0 unspecified atom stereocenters. The Morgan fingerprint density at radius 1 is 0.542 bits per heavy atom. The molecule has 0 saturated heterocycles. The molecule has 0 radical (unpaired) electrons. The predicted octanol–water partition coefficient (Wildman–Crippen LogP) is 2.06. The molecule has 1 aromatic rings. The van der Waals surface area contributed by atoms with E-state index in [4.69, 9.17) is 64.2 Å². The van der Waals surface area contributed by atoms with E-state index in [1.54, 1.807) is 0 Å². The Hall–Kier alpha value is -0.0600. The first-order valence-electron chi connectivity index (χ1n) is 4.97. The molecule has 1 aromatic carbocycles. The van der Waals surface area contributed by atoms with E-state index in [0.29, 0.717) is 0 Å². The lowest BCUT2D eigenvalue weighted by Crippen LogP contribution is -2.00. The van der Waals surface area contributed by atoms with Gasteiger partial charge in [0, 0.05) is 0 Å². The van der Waals surface area contributed by atoms with Gasteiger partial charge < -0.3 is 13.6 Å². The standard InChI is InChI=1S/C6H6Cl3O12P3/c7-1-4(19-22(10,11)12)2(8)6(21-24(16,17)18)3(9)5(1)20-23(13,14)15/h(H2,10,11,12)(H2,13,14,15)(H2,16,17,18). The molecule has 0 bridgehead atoms. The minimum absolute atomic E-state index is 1.00. The lowest BCUT2D eigenvalue weighted by atomic mass is 10.3. The van der Waals surface area contributed by atoms with Crippen LogP contribution < -0.4 is 13.6 Å². The van der Waals surface area contributed by atoms with Crippen LogP contribution in [0.5, 0.6) is 17.2 Å². The fourth-order valence-electron chi connectivity index (χ4n) is 1.20. The van der Waals surface area contributed by atoms with Crippen LogP contribution in [-0.4, -0.2) is 29.4 Å². The third-order valence-electron chi connectivity index (χ3n) is 1.83. The highest BCUT2D eigenvalue weighted by Gasteiger charge is 2.34. The summed E-state index contributed by atoms with van der Waals surface area (Å²) >= 11 is 16.9. The first-order chi connectivity index (χ1) is 10.5. The van der Waals surface area contributed by atoms with E-state index in [-0.39, 0.29) is 0 Å². The van der Waals surface area contributed by atoms with Crippen molar-refractivity contribution in [3.63, 3.8) is 0 Å². The van der Waals surface area contributed by atoms with Crippen molar-refractivity contribution in [2.45, 2.75) is 0 Å². The smallest absolute Gasteiger partial charge is 0.401 e. The molecule has 0 heterocycles. The molecule has 0 amide bonds. The van der Waals surface area contributed by atoms with Crippen molar-refractivity contribution >= 4 is 58.3 Å². The summed E-state index contributed by atoms with van der Waals surface area (Å²) in [6.45, 7) is 0. The van der Waals surface area contributed by atoms with Crippen LogP contribution in [0, 0.1) is 0 Å². The van der Waals surface area contributed by atoms with Crippen molar-refractivity contribution in [2.75, 3.05) is 0 Å². The van der Waals surface area contributed by atoms with Crippen LogP contribution in [0.3, 0.4) is 0 Å². The molecule has 0 atom stereocenters. The number of rotatable bonds is 6. The van der Waals surface area contributed by atoms with Crippen molar-refractivity contribution in [1.82, 2.24) is 0 Å². The second kappa shape index (κ2) is 7.28. The third-order valence-corrected chi connectivity index (χ3v) is 4.12. The lowest BCUT2D eigenvalue weighted by molar-refractivity contribution is 0.277. The van der Waals surface area contributed by atoms with E-state index in [0.717, 1.165) is 0 Å². The van der Waals surface area contributed by atoms with Crippen molar-refractivity contribution in [2.24, 2.45) is 0 Å². The Balaban J connectivity index is 3.74. The van der Waals surface area contributed by atoms with E-state index in [1.165, 1.54) is 0 Å². The summed E-state index contributed by atoms with van der Waals surface area (Å²) in [7, 11) is -15.9. The molecule has 0 aliphatic rings. The Kier molecular flexibility index (Phi) is 6.67. The molecule has 0 aliphatic heterocycles. The maximum Gasteiger partial charge on any atom is 0.524 e. The predicted molar refractivity (Wildman–Crippen MR) is 79.5 cm³/mol. The minimum Gasteiger partial charge on any atom is -0.401 e. The van der Waals surface area contributed by atoms with Crippen molar-refractivity contribution in [3.05, 3.63) is 15.1 Å². The highest BCUT2D eigenvalue weighted by atomic mass is 35.5. The highest BCUT2D eigenvalue weighted by molar-refractivity contribution is 7.47. The number of benzene rings is 1. The number of halogens is 3. The van der Waals surface area contributed by atoms with Gasteiger partial charge in [-0.2, -0.15) is 0 Å². The van der Waals surface area contributed by atoms with Gasteiger partial charge in [-0.3, -0.25) is 29.4 Å². The molecule has 0 aliphatic carbocycles. The quantitative estimate of drug-likeness (QED) is 0.332. The van der Waals surface area contributed by atoms with Crippen LogP contribution in [0.25, 0.3) is 0 Å². The second-order valence-electron chi connectivity index (χ2n) is 3.67. The van der Waals surface area contributed by atoms with Crippen LogP contribution in [-0.2, 0) is 13.7 Å². The molecule has 0 fully saturated rings. The van der Waals surface area contributed by atoms with E-state index in [2.05, 4.69) is 13.6 Å². The van der Waals surface area contributed by atoms with E-state index < -0.39 is 55.8 Å².